The van der Waals surface area contributed by atoms with E-state index in [1.165, 1.54) is 75.3 Å². The average molecular weight is 288 g/mol. The minimum atomic E-state index is 0.468. The van der Waals surface area contributed by atoms with Crippen LogP contribution in [0, 0.1) is 0 Å². The second-order valence-electron chi connectivity index (χ2n) is 6.48. The molecule has 2 rings (SSSR count). The predicted molar refractivity (Wildman–Crippen MR) is 91.2 cm³/mol. The van der Waals surface area contributed by atoms with Gasteiger partial charge in [0.25, 0.3) is 0 Å². The first-order valence-corrected chi connectivity index (χ1v) is 9.12. The van der Waals surface area contributed by atoms with Crippen molar-refractivity contribution >= 4 is 0 Å². The summed E-state index contributed by atoms with van der Waals surface area (Å²) in [7, 11) is 0. The van der Waals surface area contributed by atoms with Gasteiger partial charge in [0, 0.05) is 0 Å². The lowest BCUT2D eigenvalue weighted by Gasteiger charge is -2.17. The predicted octanol–water partition coefficient (Wildman–Crippen LogP) is 6.08. The van der Waals surface area contributed by atoms with Crippen molar-refractivity contribution in [3.8, 4) is 5.75 Å². The van der Waals surface area contributed by atoms with Gasteiger partial charge in [-0.1, -0.05) is 51.7 Å². The lowest BCUT2D eigenvalue weighted by atomic mass is 10.0. The molecule has 118 valence electrons. The molecule has 0 atom stereocenters. The van der Waals surface area contributed by atoms with Crippen LogP contribution in [0.3, 0.4) is 0 Å². The summed E-state index contributed by atoms with van der Waals surface area (Å²) >= 11 is 0. The van der Waals surface area contributed by atoms with Crippen LogP contribution in [0.4, 0.5) is 0 Å². The highest BCUT2D eigenvalue weighted by Gasteiger charge is 2.17. The maximum absolute atomic E-state index is 6.21. The zero-order valence-corrected chi connectivity index (χ0v) is 14.0. The molecule has 1 saturated carbocycles. The largest absolute Gasteiger partial charge is 0.490 e. The summed E-state index contributed by atoms with van der Waals surface area (Å²) in [6.45, 7) is 4.51. The van der Waals surface area contributed by atoms with E-state index in [4.69, 9.17) is 4.74 Å². The number of benzene rings is 1. The molecule has 1 aliphatic carbocycles. The second-order valence-corrected chi connectivity index (χ2v) is 6.48. The van der Waals surface area contributed by atoms with Gasteiger partial charge in [-0.05, 0) is 62.1 Å². The van der Waals surface area contributed by atoms with Crippen LogP contribution in [-0.2, 0) is 12.8 Å². The molecule has 0 amide bonds. The molecule has 0 aliphatic heterocycles. The molecule has 1 heteroatoms. The first kappa shape index (κ1) is 16.4. The average Bonchev–Trinajstić information content (AvgIpc) is 3.01. The van der Waals surface area contributed by atoms with Gasteiger partial charge in [0.15, 0.2) is 0 Å². The highest BCUT2D eigenvalue weighted by atomic mass is 16.5. The van der Waals surface area contributed by atoms with Crippen molar-refractivity contribution in [3.63, 3.8) is 0 Å². The van der Waals surface area contributed by atoms with Crippen molar-refractivity contribution in [2.45, 2.75) is 90.6 Å². The van der Waals surface area contributed by atoms with E-state index in [0.29, 0.717) is 6.10 Å². The van der Waals surface area contributed by atoms with Crippen LogP contribution >= 0.6 is 0 Å². The molecular weight excluding hydrogens is 256 g/mol. The Morgan fingerprint density at radius 2 is 1.76 bits per heavy atom. The van der Waals surface area contributed by atoms with Gasteiger partial charge in [-0.15, -0.1) is 0 Å². The summed E-state index contributed by atoms with van der Waals surface area (Å²) in [5.74, 6) is 1.14. The van der Waals surface area contributed by atoms with Crippen molar-refractivity contribution in [1.29, 1.82) is 0 Å². The number of rotatable bonds is 9. The Kier molecular flexibility index (Phi) is 7.12. The van der Waals surface area contributed by atoms with Gasteiger partial charge in [-0.25, -0.2) is 0 Å². The third-order valence-electron chi connectivity index (χ3n) is 4.67. The first-order chi connectivity index (χ1) is 10.3. The molecule has 1 fully saturated rings. The number of unbranched alkanes of at least 4 members (excludes halogenated alkanes) is 4. The van der Waals surface area contributed by atoms with Crippen LogP contribution in [0.5, 0.6) is 5.75 Å². The van der Waals surface area contributed by atoms with Gasteiger partial charge < -0.3 is 4.74 Å². The molecule has 0 unspecified atom stereocenters. The molecule has 0 spiro atoms. The molecule has 0 radical (unpaired) electrons. The molecule has 0 N–H and O–H groups in total. The maximum atomic E-state index is 6.21. The molecule has 1 aromatic carbocycles. The fourth-order valence-electron chi connectivity index (χ4n) is 3.30. The van der Waals surface area contributed by atoms with Crippen LogP contribution in [0.25, 0.3) is 0 Å². The summed E-state index contributed by atoms with van der Waals surface area (Å²) in [4.78, 5) is 0. The smallest absolute Gasteiger partial charge is 0.122 e. The third kappa shape index (κ3) is 5.37. The van der Waals surface area contributed by atoms with E-state index >= 15 is 0 Å². The van der Waals surface area contributed by atoms with E-state index < -0.39 is 0 Å². The molecule has 0 heterocycles. The van der Waals surface area contributed by atoms with E-state index in [9.17, 15) is 0 Å². The fourth-order valence-corrected chi connectivity index (χ4v) is 3.30. The Morgan fingerprint density at radius 1 is 1.00 bits per heavy atom. The number of hydrogen-bond acceptors (Lipinski definition) is 1. The van der Waals surface area contributed by atoms with E-state index in [0.717, 1.165) is 12.2 Å². The van der Waals surface area contributed by atoms with Gasteiger partial charge in [0.2, 0.25) is 0 Å². The first-order valence-electron chi connectivity index (χ1n) is 9.12. The van der Waals surface area contributed by atoms with E-state index in [1.54, 1.807) is 0 Å². The van der Waals surface area contributed by atoms with Crippen LogP contribution < -0.4 is 4.74 Å². The monoisotopic (exact) mass is 288 g/mol. The van der Waals surface area contributed by atoms with Crippen molar-refractivity contribution in [1.82, 2.24) is 0 Å². The lowest BCUT2D eigenvalue weighted by Crippen LogP contribution is -2.12. The van der Waals surface area contributed by atoms with Gasteiger partial charge >= 0.3 is 0 Å². The molecule has 0 bridgehead atoms. The second kappa shape index (κ2) is 9.12. The standard InChI is InChI=1S/C20H32O/c1-3-5-6-7-8-11-17-14-15-20(18(4-2)16-17)21-19-12-9-10-13-19/h14-16,19H,3-13H2,1-2H3. The number of hydrogen-bond donors (Lipinski definition) is 0. The lowest BCUT2D eigenvalue weighted by molar-refractivity contribution is 0.208. The van der Waals surface area contributed by atoms with Crippen molar-refractivity contribution in [2.75, 3.05) is 0 Å². The normalized spacial score (nSPS) is 15.5. The van der Waals surface area contributed by atoms with Crippen LogP contribution in [-0.4, -0.2) is 6.10 Å². The van der Waals surface area contributed by atoms with Crippen molar-refractivity contribution in [3.05, 3.63) is 29.3 Å². The maximum Gasteiger partial charge on any atom is 0.122 e. The van der Waals surface area contributed by atoms with E-state index in [2.05, 4.69) is 32.0 Å². The highest BCUT2D eigenvalue weighted by molar-refractivity contribution is 5.37. The molecule has 1 nitrogen and oxygen atoms in total. The summed E-state index contributed by atoms with van der Waals surface area (Å²) in [5.41, 5.74) is 2.88. The van der Waals surface area contributed by atoms with Gasteiger partial charge in [-0.3, -0.25) is 0 Å². The zero-order chi connectivity index (χ0) is 14.9. The quantitative estimate of drug-likeness (QED) is 0.500. The molecule has 1 aliphatic rings. The van der Waals surface area contributed by atoms with Gasteiger partial charge in [0.1, 0.15) is 5.75 Å². The molecule has 0 saturated heterocycles. The minimum Gasteiger partial charge on any atom is -0.490 e. The number of ether oxygens (including phenoxy) is 1. The molecule has 21 heavy (non-hydrogen) atoms. The van der Waals surface area contributed by atoms with Crippen molar-refractivity contribution in [2.24, 2.45) is 0 Å². The summed E-state index contributed by atoms with van der Waals surface area (Å²) in [6, 6.07) is 6.88. The van der Waals surface area contributed by atoms with Gasteiger partial charge in [-0.2, -0.15) is 0 Å². The molecule has 1 aromatic rings. The zero-order valence-electron chi connectivity index (χ0n) is 14.0. The Bertz CT molecular complexity index is 404. The van der Waals surface area contributed by atoms with Crippen LogP contribution in [0.1, 0.15) is 82.8 Å². The van der Waals surface area contributed by atoms with Crippen molar-refractivity contribution < 1.29 is 4.74 Å². The van der Waals surface area contributed by atoms with Crippen LogP contribution in [0.15, 0.2) is 18.2 Å². The summed E-state index contributed by atoms with van der Waals surface area (Å²) in [6.07, 6.45) is 14.7. The Balaban J connectivity index is 1.86. The fraction of sp³-hybridized carbons (Fsp3) is 0.700. The summed E-state index contributed by atoms with van der Waals surface area (Å²) in [5, 5.41) is 0. The Hall–Kier alpha value is -0.980. The SMILES string of the molecule is CCCCCCCc1ccc(OC2CCCC2)c(CC)c1. The Labute approximate surface area is 131 Å². The number of aryl methyl sites for hydroxylation is 2. The van der Waals surface area contributed by atoms with Crippen LogP contribution in [0.2, 0.25) is 0 Å². The van der Waals surface area contributed by atoms with E-state index in [1.807, 2.05) is 0 Å². The topological polar surface area (TPSA) is 9.23 Å². The van der Waals surface area contributed by atoms with E-state index in [-0.39, 0.29) is 0 Å². The molecule has 0 aromatic heterocycles. The highest BCUT2D eigenvalue weighted by Crippen LogP contribution is 2.28. The Morgan fingerprint density at radius 3 is 2.48 bits per heavy atom. The minimum absolute atomic E-state index is 0.468. The van der Waals surface area contributed by atoms with Gasteiger partial charge in [0.05, 0.1) is 6.10 Å². The summed E-state index contributed by atoms with van der Waals surface area (Å²) < 4.78 is 6.21. The molecular formula is C20H32O. The third-order valence-corrected chi connectivity index (χ3v) is 4.67.